The molecule has 112 valence electrons. The maximum absolute atomic E-state index is 5.71. The molecule has 1 aliphatic rings. The van der Waals surface area contributed by atoms with Crippen LogP contribution < -0.4 is 5.32 Å². The van der Waals surface area contributed by atoms with Crippen molar-refractivity contribution in [2.24, 2.45) is 5.92 Å². The average Bonchev–Trinajstić information content (AvgIpc) is 3.27. The number of hydrogen-bond acceptors (Lipinski definition) is 3. The average molecular weight is 276 g/mol. The van der Waals surface area contributed by atoms with Crippen LogP contribution in [0.15, 0.2) is 24.3 Å². The Bertz CT molecular complexity index is 390. The van der Waals surface area contributed by atoms with Gasteiger partial charge in [0.05, 0.1) is 6.61 Å². The van der Waals surface area contributed by atoms with Crippen LogP contribution in [0.25, 0.3) is 0 Å². The Morgan fingerprint density at radius 2 is 2.00 bits per heavy atom. The molecule has 1 aliphatic carbocycles. The van der Waals surface area contributed by atoms with Crippen molar-refractivity contribution in [3.05, 3.63) is 35.4 Å². The molecule has 0 aromatic heterocycles. The van der Waals surface area contributed by atoms with Gasteiger partial charge in [0.15, 0.2) is 0 Å². The van der Waals surface area contributed by atoms with E-state index in [1.54, 1.807) is 0 Å². The second-order valence-electron chi connectivity index (χ2n) is 5.81. The maximum atomic E-state index is 5.71. The topological polar surface area (TPSA) is 24.5 Å². The Balaban J connectivity index is 1.72. The van der Waals surface area contributed by atoms with Crippen molar-refractivity contribution in [3.63, 3.8) is 0 Å². The van der Waals surface area contributed by atoms with Crippen molar-refractivity contribution in [1.29, 1.82) is 0 Å². The van der Waals surface area contributed by atoms with Gasteiger partial charge in [-0.15, -0.1) is 0 Å². The first-order valence-electron chi connectivity index (χ1n) is 7.83. The van der Waals surface area contributed by atoms with Crippen molar-refractivity contribution >= 4 is 0 Å². The van der Waals surface area contributed by atoms with Crippen molar-refractivity contribution in [2.75, 3.05) is 33.4 Å². The second-order valence-corrected chi connectivity index (χ2v) is 5.81. The Labute approximate surface area is 123 Å². The molecule has 1 N–H and O–H groups in total. The molecule has 0 amide bonds. The summed E-state index contributed by atoms with van der Waals surface area (Å²) >= 11 is 0. The zero-order valence-corrected chi connectivity index (χ0v) is 12.9. The normalized spacial score (nSPS) is 14.9. The standard InChI is InChI=1S/C17H28N2O/c1-3-18-12-16-6-4-5-7-17(16)13-19(2)10-11-20-14-15-8-9-15/h4-7,15,18H,3,8-14H2,1-2H3. The van der Waals surface area contributed by atoms with Gasteiger partial charge in [-0.25, -0.2) is 0 Å². The molecular formula is C17H28N2O. The molecular weight excluding hydrogens is 248 g/mol. The van der Waals surface area contributed by atoms with Gasteiger partial charge in [-0.05, 0) is 43.5 Å². The molecule has 2 rings (SSSR count). The smallest absolute Gasteiger partial charge is 0.0593 e. The van der Waals surface area contributed by atoms with Crippen molar-refractivity contribution < 1.29 is 4.74 Å². The molecule has 1 aromatic rings. The summed E-state index contributed by atoms with van der Waals surface area (Å²) in [7, 11) is 2.17. The molecule has 0 radical (unpaired) electrons. The van der Waals surface area contributed by atoms with E-state index >= 15 is 0 Å². The molecule has 0 spiro atoms. The molecule has 20 heavy (non-hydrogen) atoms. The van der Waals surface area contributed by atoms with Crippen LogP contribution in [-0.4, -0.2) is 38.3 Å². The van der Waals surface area contributed by atoms with Crippen LogP contribution in [-0.2, 0) is 17.8 Å². The first kappa shape index (κ1) is 15.5. The molecule has 0 heterocycles. The largest absolute Gasteiger partial charge is 0.380 e. The number of hydrogen-bond donors (Lipinski definition) is 1. The number of ether oxygens (including phenoxy) is 1. The summed E-state index contributed by atoms with van der Waals surface area (Å²) in [5.41, 5.74) is 2.82. The van der Waals surface area contributed by atoms with E-state index in [-0.39, 0.29) is 0 Å². The van der Waals surface area contributed by atoms with E-state index in [2.05, 4.69) is 48.5 Å². The van der Waals surface area contributed by atoms with Crippen LogP contribution >= 0.6 is 0 Å². The lowest BCUT2D eigenvalue weighted by atomic mass is 10.1. The first-order chi connectivity index (χ1) is 9.79. The van der Waals surface area contributed by atoms with Gasteiger partial charge in [-0.1, -0.05) is 31.2 Å². The summed E-state index contributed by atoms with van der Waals surface area (Å²) in [6, 6.07) is 8.70. The van der Waals surface area contributed by atoms with E-state index in [1.165, 1.54) is 24.0 Å². The predicted molar refractivity (Wildman–Crippen MR) is 83.7 cm³/mol. The van der Waals surface area contributed by atoms with Gasteiger partial charge in [0, 0.05) is 26.2 Å². The first-order valence-corrected chi connectivity index (χ1v) is 7.83. The number of benzene rings is 1. The Hall–Kier alpha value is -0.900. The minimum atomic E-state index is 0.850. The van der Waals surface area contributed by atoms with Crippen LogP contribution in [0.2, 0.25) is 0 Å². The molecule has 0 atom stereocenters. The van der Waals surface area contributed by atoms with E-state index in [0.29, 0.717) is 0 Å². The van der Waals surface area contributed by atoms with Gasteiger partial charge in [-0.2, -0.15) is 0 Å². The molecule has 0 aliphatic heterocycles. The maximum Gasteiger partial charge on any atom is 0.0593 e. The van der Waals surface area contributed by atoms with E-state index in [1.807, 2.05) is 0 Å². The zero-order chi connectivity index (χ0) is 14.2. The van der Waals surface area contributed by atoms with E-state index in [4.69, 9.17) is 4.74 Å². The van der Waals surface area contributed by atoms with Crippen molar-refractivity contribution in [2.45, 2.75) is 32.9 Å². The van der Waals surface area contributed by atoms with E-state index in [9.17, 15) is 0 Å². The third-order valence-electron chi connectivity index (χ3n) is 3.79. The van der Waals surface area contributed by atoms with Gasteiger partial charge in [0.2, 0.25) is 0 Å². The van der Waals surface area contributed by atoms with Crippen molar-refractivity contribution in [3.8, 4) is 0 Å². The lowest BCUT2D eigenvalue weighted by molar-refractivity contribution is 0.102. The highest BCUT2D eigenvalue weighted by molar-refractivity contribution is 5.26. The summed E-state index contributed by atoms with van der Waals surface area (Å²) in [4.78, 5) is 2.34. The molecule has 3 heteroatoms. The molecule has 1 aromatic carbocycles. The highest BCUT2D eigenvalue weighted by Gasteiger charge is 2.20. The minimum Gasteiger partial charge on any atom is -0.380 e. The Morgan fingerprint density at radius 3 is 2.70 bits per heavy atom. The monoisotopic (exact) mass is 276 g/mol. The fraction of sp³-hybridized carbons (Fsp3) is 0.647. The Morgan fingerprint density at radius 1 is 1.25 bits per heavy atom. The van der Waals surface area contributed by atoms with Crippen LogP contribution in [0, 0.1) is 5.92 Å². The highest BCUT2D eigenvalue weighted by atomic mass is 16.5. The quantitative estimate of drug-likeness (QED) is 0.665. The van der Waals surface area contributed by atoms with Crippen LogP contribution in [0.5, 0.6) is 0 Å². The fourth-order valence-electron chi connectivity index (χ4n) is 2.27. The SMILES string of the molecule is CCNCc1ccccc1CN(C)CCOCC1CC1. The lowest BCUT2D eigenvalue weighted by Gasteiger charge is -2.19. The molecule has 0 saturated heterocycles. The summed E-state index contributed by atoms with van der Waals surface area (Å²) in [6.45, 7) is 7.92. The van der Waals surface area contributed by atoms with E-state index < -0.39 is 0 Å². The molecule has 3 nitrogen and oxygen atoms in total. The van der Waals surface area contributed by atoms with Gasteiger partial charge in [0.25, 0.3) is 0 Å². The zero-order valence-electron chi connectivity index (χ0n) is 12.9. The molecule has 1 fully saturated rings. The fourth-order valence-corrected chi connectivity index (χ4v) is 2.27. The third kappa shape index (κ3) is 5.61. The lowest BCUT2D eigenvalue weighted by Crippen LogP contribution is -2.24. The summed E-state index contributed by atoms with van der Waals surface area (Å²) in [5, 5.41) is 3.41. The number of nitrogens with one attached hydrogen (secondary N) is 1. The number of nitrogens with zero attached hydrogens (tertiary/aromatic N) is 1. The minimum absolute atomic E-state index is 0.850. The van der Waals surface area contributed by atoms with Crippen molar-refractivity contribution in [1.82, 2.24) is 10.2 Å². The molecule has 1 saturated carbocycles. The summed E-state index contributed by atoms with van der Waals surface area (Å²) < 4.78 is 5.71. The third-order valence-corrected chi connectivity index (χ3v) is 3.79. The van der Waals surface area contributed by atoms with Gasteiger partial charge in [0.1, 0.15) is 0 Å². The second kappa shape index (κ2) is 8.40. The summed E-state index contributed by atoms with van der Waals surface area (Å²) in [5.74, 6) is 0.862. The summed E-state index contributed by atoms with van der Waals surface area (Å²) in [6.07, 6.45) is 2.74. The van der Waals surface area contributed by atoms with Crippen LogP contribution in [0.3, 0.4) is 0 Å². The van der Waals surface area contributed by atoms with Crippen LogP contribution in [0.4, 0.5) is 0 Å². The Kier molecular flexibility index (Phi) is 6.51. The highest BCUT2D eigenvalue weighted by Crippen LogP contribution is 2.28. The van der Waals surface area contributed by atoms with Gasteiger partial charge >= 0.3 is 0 Å². The van der Waals surface area contributed by atoms with E-state index in [0.717, 1.165) is 45.3 Å². The van der Waals surface area contributed by atoms with Gasteiger partial charge < -0.3 is 10.1 Å². The predicted octanol–water partition coefficient (Wildman–Crippen LogP) is 2.65. The van der Waals surface area contributed by atoms with Gasteiger partial charge in [-0.3, -0.25) is 4.90 Å². The number of rotatable bonds is 10. The molecule has 0 unspecified atom stereocenters. The number of likely N-dealkylation sites (N-methyl/N-ethyl adjacent to an activating group) is 1. The molecule has 0 bridgehead atoms. The van der Waals surface area contributed by atoms with Crippen LogP contribution in [0.1, 0.15) is 30.9 Å².